The fraction of sp³-hybridized carbons (Fsp3) is 0.360. The van der Waals surface area contributed by atoms with Gasteiger partial charge in [-0.25, -0.2) is 13.4 Å². The summed E-state index contributed by atoms with van der Waals surface area (Å²) in [6.07, 6.45) is 0.349. The Morgan fingerprint density at radius 2 is 1.94 bits per heavy atom. The second-order valence-corrected chi connectivity index (χ2v) is 11.4. The highest BCUT2D eigenvalue weighted by molar-refractivity contribution is 7.92. The predicted octanol–water partition coefficient (Wildman–Crippen LogP) is 3.82. The van der Waals surface area contributed by atoms with Crippen LogP contribution in [0.1, 0.15) is 31.4 Å². The summed E-state index contributed by atoms with van der Waals surface area (Å²) in [5, 5.41) is 0.425. The zero-order valence-electron chi connectivity index (χ0n) is 19.2. The number of Topliss-reactive ketones (excluding diaryl/α,β-unsaturated/α-hetero) is 1. The number of hydrogen-bond donors (Lipinski definition) is 1. The number of nitrogen functional groups attached to an aromatic ring is 1. The van der Waals surface area contributed by atoms with Crippen molar-refractivity contribution in [2.45, 2.75) is 37.7 Å². The molecule has 3 aromatic rings. The fourth-order valence-corrected chi connectivity index (χ4v) is 6.04. The van der Waals surface area contributed by atoms with Gasteiger partial charge in [0, 0.05) is 10.9 Å². The van der Waals surface area contributed by atoms with E-state index in [0.29, 0.717) is 41.1 Å². The first-order valence-corrected chi connectivity index (χ1v) is 12.3. The summed E-state index contributed by atoms with van der Waals surface area (Å²) in [6.45, 7) is 6.24. The van der Waals surface area contributed by atoms with Crippen molar-refractivity contribution in [1.29, 1.82) is 0 Å². The Labute approximate surface area is 193 Å². The van der Waals surface area contributed by atoms with Gasteiger partial charge < -0.3 is 15.2 Å². The molecule has 0 aliphatic carbocycles. The van der Waals surface area contributed by atoms with E-state index in [4.69, 9.17) is 15.2 Å². The molecule has 1 atom stereocenters. The van der Waals surface area contributed by atoms with Crippen LogP contribution in [-0.4, -0.2) is 38.7 Å². The minimum atomic E-state index is -4.00. The predicted molar refractivity (Wildman–Crippen MR) is 127 cm³/mol. The normalized spacial score (nSPS) is 20.1. The van der Waals surface area contributed by atoms with E-state index in [-0.39, 0.29) is 10.3 Å². The van der Waals surface area contributed by atoms with Crippen LogP contribution >= 0.6 is 0 Å². The maximum Gasteiger partial charge on any atom is 0.186 e. The van der Waals surface area contributed by atoms with E-state index >= 15 is 0 Å². The van der Waals surface area contributed by atoms with Crippen molar-refractivity contribution in [3.8, 4) is 5.75 Å². The number of anilines is 1. The number of carbonyl (C=O) groups is 1. The fourth-order valence-electron chi connectivity index (χ4n) is 4.51. The van der Waals surface area contributed by atoms with Gasteiger partial charge in [-0.3, -0.25) is 4.79 Å². The molecule has 1 fully saturated rings. The van der Waals surface area contributed by atoms with E-state index in [1.165, 1.54) is 13.2 Å². The number of ketones is 1. The lowest BCUT2D eigenvalue weighted by Gasteiger charge is -2.30. The van der Waals surface area contributed by atoms with Crippen LogP contribution in [0.15, 0.2) is 53.4 Å². The Morgan fingerprint density at radius 3 is 2.61 bits per heavy atom. The summed E-state index contributed by atoms with van der Waals surface area (Å²) in [5.74, 6) is -0.435. The molecule has 1 aromatic heterocycles. The smallest absolute Gasteiger partial charge is 0.186 e. The number of ether oxygens (including phenoxy) is 2. The second-order valence-electron chi connectivity index (χ2n) is 9.40. The topological polar surface area (TPSA) is 109 Å². The van der Waals surface area contributed by atoms with Gasteiger partial charge in [0.15, 0.2) is 21.2 Å². The third-order valence-corrected chi connectivity index (χ3v) is 7.72. The second kappa shape index (κ2) is 8.11. The number of sulfone groups is 1. The number of fused-ring (bicyclic) bond motifs is 1. The van der Waals surface area contributed by atoms with Crippen LogP contribution in [0, 0.1) is 12.3 Å². The molecule has 2 N–H and O–H groups in total. The molecular formula is C25H28N2O5S. The molecule has 0 spiro atoms. The highest BCUT2D eigenvalue weighted by atomic mass is 32.2. The summed E-state index contributed by atoms with van der Waals surface area (Å²) in [6, 6.07) is 13.4. The monoisotopic (exact) mass is 468 g/mol. The lowest BCUT2D eigenvalue weighted by molar-refractivity contribution is -0.137. The molecule has 1 aliphatic rings. The van der Waals surface area contributed by atoms with Crippen molar-refractivity contribution in [2.24, 2.45) is 5.41 Å². The molecule has 174 valence electrons. The molecule has 4 rings (SSSR count). The molecule has 2 heterocycles. The Bertz CT molecular complexity index is 1350. The summed E-state index contributed by atoms with van der Waals surface area (Å²) in [5.41, 5.74) is 5.96. The molecular weight excluding hydrogens is 440 g/mol. The molecule has 1 saturated heterocycles. The molecule has 0 unspecified atom stereocenters. The van der Waals surface area contributed by atoms with Crippen LogP contribution in [0.2, 0.25) is 0 Å². The number of pyridine rings is 1. The molecule has 0 radical (unpaired) electrons. The first-order chi connectivity index (χ1) is 15.5. The number of benzene rings is 2. The Morgan fingerprint density at radius 1 is 1.18 bits per heavy atom. The Hall–Kier alpha value is -2.97. The van der Waals surface area contributed by atoms with Crippen molar-refractivity contribution < 1.29 is 22.7 Å². The SMILES string of the molecule is COc1ccc(C)cc1[C@@]1(C(=O)CS(=O)(=O)c2cccc3nc(N)ccc23)CC(C)(C)CO1. The van der Waals surface area contributed by atoms with Crippen LogP contribution in [0.3, 0.4) is 0 Å². The average molecular weight is 469 g/mol. The van der Waals surface area contributed by atoms with Gasteiger partial charge in [-0.05, 0) is 55.2 Å². The van der Waals surface area contributed by atoms with Crippen molar-refractivity contribution in [3.63, 3.8) is 0 Å². The molecule has 7 nitrogen and oxygen atoms in total. The van der Waals surface area contributed by atoms with Crippen LogP contribution in [-0.2, 0) is 25.0 Å². The van der Waals surface area contributed by atoms with Gasteiger partial charge in [-0.2, -0.15) is 0 Å². The van der Waals surface area contributed by atoms with Crippen molar-refractivity contribution in [3.05, 3.63) is 59.7 Å². The summed E-state index contributed by atoms with van der Waals surface area (Å²) in [4.78, 5) is 18.1. The first kappa shape index (κ1) is 23.2. The van der Waals surface area contributed by atoms with Gasteiger partial charge in [0.1, 0.15) is 17.3 Å². The molecule has 0 amide bonds. The standard InChI is InChI=1S/C25H28N2O5S/c1-16-8-10-20(31-4)18(12-16)25(14-24(2,3)15-32-25)22(28)13-33(29,30)21-7-5-6-19-17(21)9-11-23(26)27-19/h5-12H,13-15H2,1-4H3,(H2,26,27)/t25-/m1/s1. The number of aryl methyl sites for hydroxylation is 1. The lowest BCUT2D eigenvalue weighted by atomic mass is 9.78. The van der Waals surface area contributed by atoms with E-state index in [2.05, 4.69) is 4.98 Å². The van der Waals surface area contributed by atoms with E-state index < -0.39 is 27.0 Å². The maximum absolute atomic E-state index is 13.8. The number of methoxy groups -OCH3 is 1. The van der Waals surface area contributed by atoms with Crippen molar-refractivity contribution >= 4 is 32.3 Å². The molecule has 0 bridgehead atoms. The summed E-state index contributed by atoms with van der Waals surface area (Å²) in [7, 11) is -2.47. The van der Waals surface area contributed by atoms with Gasteiger partial charge in [-0.15, -0.1) is 0 Å². The van der Waals surface area contributed by atoms with Crippen molar-refractivity contribution in [2.75, 3.05) is 25.2 Å². The van der Waals surface area contributed by atoms with Crippen molar-refractivity contribution in [1.82, 2.24) is 4.98 Å². The van der Waals surface area contributed by atoms with Crippen LogP contribution < -0.4 is 10.5 Å². The molecule has 8 heteroatoms. The molecule has 2 aromatic carbocycles. The number of aromatic nitrogens is 1. The number of nitrogens with zero attached hydrogens (tertiary/aromatic N) is 1. The van der Waals surface area contributed by atoms with E-state index in [1.54, 1.807) is 30.3 Å². The number of rotatable bonds is 6. The average Bonchev–Trinajstić information content (AvgIpc) is 3.09. The number of hydrogen-bond acceptors (Lipinski definition) is 7. The van der Waals surface area contributed by atoms with E-state index in [9.17, 15) is 13.2 Å². The van der Waals surface area contributed by atoms with Crippen LogP contribution in [0.4, 0.5) is 5.82 Å². The Kier molecular flexibility index (Phi) is 5.70. The minimum absolute atomic E-state index is 0.0458. The third-order valence-electron chi connectivity index (χ3n) is 6.05. The van der Waals surface area contributed by atoms with Gasteiger partial charge >= 0.3 is 0 Å². The van der Waals surface area contributed by atoms with Gasteiger partial charge in [-0.1, -0.05) is 31.5 Å². The number of carbonyl (C=O) groups excluding carboxylic acids is 1. The lowest BCUT2D eigenvalue weighted by Crippen LogP contribution is -2.40. The maximum atomic E-state index is 13.8. The number of nitrogens with two attached hydrogens (primary N) is 1. The first-order valence-electron chi connectivity index (χ1n) is 10.7. The van der Waals surface area contributed by atoms with E-state index in [1.807, 2.05) is 32.9 Å². The quantitative estimate of drug-likeness (QED) is 0.586. The minimum Gasteiger partial charge on any atom is -0.496 e. The molecule has 33 heavy (non-hydrogen) atoms. The highest BCUT2D eigenvalue weighted by Gasteiger charge is 2.53. The highest BCUT2D eigenvalue weighted by Crippen LogP contribution is 2.49. The van der Waals surface area contributed by atoms with Gasteiger partial charge in [0.25, 0.3) is 0 Å². The van der Waals surface area contributed by atoms with Gasteiger partial charge in [0.05, 0.1) is 24.1 Å². The molecule has 0 saturated carbocycles. The summed E-state index contributed by atoms with van der Waals surface area (Å²) < 4.78 is 38.7. The van der Waals surface area contributed by atoms with Crippen LogP contribution in [0.25, 0.3) is 10.9 Å². The largest absolute Gasteiger partial charge is 0.496 e. The zero-order valence-corrected chi connectivity index (χ0v) is 20.0. The molecule has 1 aliphatic heterocycles. The van der Waals surface area contributed by atoms with Crippen LogP contribution in [0.5, 0.6) is 5.75 Å². The zero-order chi connectivity index (χ0) is 24.0. The Balaban J connectivity index is 1.80. The summed E-state index contributed by atoms with van der Waals surface area (Å²) >= 11 is 0. The van der Waals surface area contributed by atoms with E-state index in [0.717, 1.165) is 5.56 Å². The van der Waals surface area contributed by atoms with Gasteiger partial charge in [0.2, 0.25) is 0 Å². The third kappa shape index (κ3) is 4.20.